The van der Waals surface area contributed by atoms with Crippen LogP contribution in [0.25, 0.3) is 0 Å². The van der Waals surface area contributed by atoms with Gasteiger partial charge in [0.15, 0.2) is 0 Å². The SMILES string of the molecule is CCc1coc(N2[C@@H]3CC[C@H]2CC(Oc2ncccn2)C3)n1.O=C=O. The highest BCUT2D eigenvalue weighted by molar-refractivity contribution is 5.35. The summed E-state index contributed by atoms with van der Waals surface area (Å²) in [6, 6.07) is 3.93. The van der Waals surface area contributed by atoms with Gasteiger partial charge in [0.2, 0.25) is 0 Å². The summed E-state index contributed by atoms with van der Waals surface area (Å²) in [4.78, 5) is 31.5. The standard InChI is InChI=1S/C16H20N4O2.CO2/c1-2-11-10-21-16(19-11)20-12-4-5-13(20)9-14(8-12)22-15-17-6-3-7-18-15;2-1-3/h3,6-7,10,12-14H,2,4-5,8-9H2,1H3;/t12-,13+,14?;. The minimum Gasteiger partial charge on any atom is -0.460 e. The van der Waals surface area contributed by atoms with Crippen molar-refractivity contribution in [2.45, 2.75) is 57.2 Å². The Bertz CT molecular complexity index is 700. The summed E-state index contributed by atoms with van der Waals surface area (Å²) in [5.41, 5.74) is 1.02. The van der Waals surface area contributed by atoms with Gasteiger partial charge >= 0.3 is 12.2 Å². The number of hydrogen-bond acceptors (Lipinski definition) is 8. The van der Waals surface area contributed by atoms with Gasteiger partial charge in [0, 0.05) is 37.3 Å². The molecule has 2 aliphatic rings. The highest BCUT2D eigenvalue weighted by Gasteiger charge is 2.43. The fraction of sp³-hybridized carbons (Fsp3) is 0.529. The van der Waals surface area contributed by atoms with Crippen molar-refractivity contribution in [1.82, 2.24) is 15.0 Å². The smallest absolute Gasteiger partial charge is 0.373 e. The summed E-state index contributed by atoms with van der Waals surface area (Å²) in [6.45, 7) is 2.09. The topological polar surface area (TPSA) is 98.4 Å². The zero-order valence-corrected chi connectivity index (χ0v) is 14.0. The molecule has 0 spiro atoms. The van der Waals surface area contributed by atoms with Crippen LogP contribution in [0.3, 0.4) is 0 Å². The average molecular weight is 344 g/mol. The fourth-order valence-corrected chi connectivity index (χ4v) is 3.61. The van der Waals surface area contributed by atoms with Gasteiger partial charge in [0.25, 0.3) is 6.01 Å². The van der Waals surface area contributed by atoms with Crippen LogP contribution in [0.4, 0.5) is 6.01 Å². The first-order chi connectivity index (χ1) is 12.2. The number of piperidine rings is 1. The zero-order valence-electron chi connectivity index (χ0n) is 14.0. The van der Waals surface area contributed by atoms with Crippen LogP contribution in [0.5, 0.6) is 6.01 Å². The van der Waals surface area contributed by atoms with E-state index < -0.39 is 0 Å². The minimum absolute atomic E-state index is 0.178. The minimum atomic E-state index is 0.178. The van der Waals surface area contributed by atoms with E-state index in [2.05, 4.69) is 26.8 Å². The first-order valence-corrected chi connectivity index (χ1v) is 8.40. The molecule has 2 aromatic heterocycles. The van der Waals surface area contributed by atoms with Crippen molar-refractivity contribution in [3.63, 3.8) is 0 Å². The predicted octanol–water partition coefficient (Wildman–Crippen LogP) is 2.02. The Labute approximate surface area is 145 Å². The molecule has 2 fully saturated rings. The van der Waals surface area contributed by atoms with Crippen LogP contribution in [-0.4, -0.2) is 39.3 Å². The Morgan fingerprint density at radius 2 is 1.88 bits per heavy atom. The summed E-state index contributed by atoms with van der Waals surface area (Å²) in [6.07, 6.45) is 10.8. The molecule has 0 amide bonds. The van der Waals surface area contributed by atoms with Gasteiger partial charge in [-0.15, -0.1) is 0 Å². The van der Waals surface area contributed by atoms with E-state index in [1.54, 1.807) is 24.7 Å². The lowest BCUT2D eigenvalue weighted by Gasteiger charge is -2.37. The molecule has 0 saturated carbocycles. The maximum atomic E-state index is 8.12. The third-order valence-corrected chi connectivity index (χ3v) is 4.63. The van der Waals surface area contributed by atoms with Crippen LogP contribution >= 0.6 is 0 Å². The molecular weight excluding hydrogens is 324 g/mol. The maximum Gasteiger partial charge on any atom is 0.373 e. The number of anilines is 1. The summed E-state index contributed by atoms with van der Waals surface area (Å²) < 4.78 is 11.6. The largest absolute Gasteiger partial charge is 0.460 e. The van der Waals surface area contributed by atoms with Crippen molar-refractivity contribution >= 4 is 12.2 Å². The summed E-state index contributed by atoms with van der Waals surface area (Å²) >= 11 is 0. The lowest BCUT2D eigenvalue weighted by Crippen LogP contribution is -2.46. The number of fused-ring (bicyclic) bond motifs is 2. The Balaban J connectivity index is 0.000000569. The molecular formula is C17H20N4O4. The Hall–Kier alpha value is -2.73. The fourth-order valence-electron chi connectivity index (χ4n) is 3.61. The molecule has 2 aromatic rings. The number of rotatable bonds is 4. The highest BCUT2D eigenvalue weighted by Crippen LogP contribution is 2.39. The summed E-state index contributed by atoms with van der Waals surface area (Å²) in [5.74, 6) is 0. The van der Waals surface area contributed by atoms with E-state index in [9.17, 15) is 0 Å². The third kappa shape index (κ3) is 3.85. The summed E-state index contributed by atoms with van der Waals surface area (Å²) in [7, 11) is 0. The van der Waals surface area contributed by atoms with Crippen molar-refractivity contribution in [3.8, 4) is 6.01 Å². The Kier molecular flexibility index (Phi) is 5.40. The van der Waals surface area contributed by atoms with Crippen LogP contribution in [0.2, 0.25) is 0 Å². The van der Waals surface area contributed by atoms with Gasteiger partial charge in [0.1, 0.15) is 12.4 Å². The number of carbonyl (C=O) groups excluding carboxylic acids is 2. The molecule has 0 aromatic carbocycles. The average Bonchev–Trinajstić information content (AvgIpc) is 3.19. The van der Waals surface area contributed by atoms with Crippen LogP contribution in [0.15, 0.2) is 29.1 Å². The number of aryl methyl sites for hydroxylation is 1. The van der Waals surface area contributed by atoms with Crippen LogP contribution in [-0.2, 0) is 16.0 Å². The van der Waals surface area contributed by atoms with Crippen molar-refractivity contribution in [2.24, 2.45) is 0 Å². The zero-order chi connectivity index (χ0) is 17.6. The van der Waals surface area contributed by atoms with Gasteiger partial charge in [-0.3, -0.25) is 0 Å². The van der Waals surface area contributed by atoms with E-state index in [0.717, 1.165) is 31.0 Å². The van der Waals surface area contributed by atoms with E-state index in [4.69, 9.17) is 18.7 Å². The monoisotopic (exact) mass is 344 g/mol. The van der Waals surface area contributed by atoms with E-state index in [-0.39, 0.29) is 12.3 Å². The molecule has 132 valence electrons. The van der Waals surface area contributed by atoms with Crippen LogP contribution in [0, 0.1) is 0 Å². The van der Waals surface area contributed by atoms with Crippen LogP contribution < -0.4 is 9.64 Å². The first-order valence-electron chi connectivity index (χ1n) is 8.40. The Morgan fingerprint density at radius 3 is 2.44 bits per heavy atom. The van der Waals surface area contributed by atoms with Gasteiger partial charge in [0.05, 0.1) is 5.69 Å². The molecule has 0 radical (unpaired) electrons. The van der Waals surface area contributed by atoms with Gasteiger partial charge in [-0.1, -0.05) is 6.92 Å². The third-order valence-electron chi connectivity index (χ3n) is 4.63. The lowest BCUT2D eigenvalue weighted by atomic mass is 10.0. The van der Waals surface area contributed by atoms with E-state index in [1.165, 1.54) is 12.8 Å². The number of oxazole rings is 1. The second-order valence-electron chi connectivity index (χ2n) is 6.09. The quantitative estimate of drug-likeness (QED) is 0.831. The molecule has 25 heavy (non-hydrogen) atoms. The number of aromatic nitrogens is 3. The second-order valence-corrected chi connectivity index (χ2v) is 6.09. The van der Waals surface area contributed by atoms with Crippen LogP contribution in [0.1, 0.15) is 38.3 Å². The first kappa shape index (κ1) is 17.1. The van der Waals surface area contributed by atoms with Gasteiger partial charge < -0.3 is 14.1 Å². The van der Waals surface area contributed by atoms with Crippen molar-refractivity contribution in [3.05, 3.63) is 30.4 Å². The Morgan fingerprint density at radius 1 is 1.24 bits per heavy atom. The molecule has 1 unspecified atom stereocenters. The molecule has 0 aliphatic carbocycles. The van der Waals surface area contributed by atoms with E-state index in [0.29, 0.717) is 18.1 Å². The van der Waals surface area contributed by atoms with E-state index in [1.807, 2.05) is 0 Å². The lowest BCUT2D eigenvalue weighted by molar-refractivity contribution is -0.191. The molecule has 3 atom stereocenters. The van der Waals surface area contributed by atoms with Gasteiger partial charge in [-0.2, -0.15) is 14.6 Å². The van der Waals surface area contributed by atoms with Crippen molar-refractivity contribution in [2.75, 3.05) is 4.90 Å². The maximum absolute atomic E-state index is 8.12. The molecule has 2 bridgehead atoms. The molecule has 8 nitrogen and oxygen atoms in total. The molecule has 2 saturated heterocycles. The molecule has 4 heterocycles. The van der Waals surface area contributed by atoms with Crippen molar-refractivity contribution < 1.29 is 18.7 Å². The molecule has 8 heteroatoms. The predicted molar refractivity (Wildman–Crippen MR) is 85.9 cm³/mol. The van der Waals surface area contributed by atoms with Gasteiger partial charge in [-0.05, 0) is 25.3 Å². The molecule has 4 rings (SSSR count). The molecule has 2 aliphatic heterocycles. The number of ether oxygens (including phenoxy) is 1. The molecule has 0 N–H and O–H groups in total. The highest BCUT2D eigenvalue weighted by atomic mass is 16.5. The normalized spacial score (nSPS) is 24.2. The number of hydrogen-bond donors (Lipinski definition) is 0. The second kappa shape index (κ2) is 7.90. The summed E-state index contributed by atoms with van der Waals surface area (Å²) in [5, 5.41) is 0. The van der Waals surface area contributed by atoms with Gasteiger partial charge in [-0.25, -0.2) is 9.97 Å². The van der Waals surface area contributed by atoms with E-state index >= 15 is 0 Å². The van der Waals surface area contributed by atoms with Crippen molar-refractivity contribution in [1.29, 1.82) is 0 Å². The number of nitrogens with zero attached hydrogens (tertiary/aromatic N) is 4.